The van der Waals surface area contributed by atoms with E-state index in [9.17, 15) is 0 Å². The number of halogens is 2. The van der Waals surface area contributed by atoms with E-state index in [1.165, 1.54) is 7.11 Å². The van der Waals surface area contributed by atoms with Crippen LogP contribution < -0.4 is 68.0 Å². The molecular formula is C5H5ClIN2ORb. The van der Waals surface area contributed by atoms with Crippen molar-refractivity contribution < 1.29 is 62.9 Å². The van der Waals surface area contributed by atoms with E-state index < -0.39 is 0 Å². The predicted octanol–water partition coefficient (Wildman–Crippen LogP) is -1.36. The molecule has 0 saturated heterocycles. The van der Waals surface area contributed by atoms with Crippen LogP contribution in [0.15, 0.2) is 0 Å². The Hall–Kier alpha value is 1.84. The van der Waals surface area contributed by atoms with Gasteiger partial charge >= 0.3 is 58.2 Å². The van der Waals surface area contributed by atoms with Crippen LogP contribution in [0.25, 0.3) is 0 Å². The summed E-state index contributed by atoms with van der Waals surface area (Å²) in [7, 11) is 1.52. The smallest absolute Gasteiger partial charge is 0.574 e. The number of methoxy groups -OCH3 is 1. The predicted molar refractivity (Wildman–Crippen MR) is 46.8 cm³/mol. The van der Waals surface area contributed by atoms with Gasteiger partial charge in [0, 0.05) is 4.43 Å². The van der Waals surface area contributed by atoms with Gasteiger partial charge in [-0.2, -0.15) is 0 Å². The summed E-state index contributed by atoms with van der Waals surface area (Å²) in [4.78, 5) is 0. The third kappa shape index (κ3) is 3.23. The molecule has 0 atom stereocenters. The van der Waals surface area contributed by atoms with Crippen LogP contribution in [-0.4, -0.2) is 12.2 Å². The minimum absolute atomic E-state index is 0. The first kappa shape index (κ1) is 12.8. The summed E-state index contributed by atoms with van der Waals surface area (Å²) in [5.41, 5.74) is 0.777. The van der Waals surface area contributed by atoms with Crippen molar-refractivity contribution in [1.82, 2.24) is 10.2 Å². The van der Waals surface area contributed by atoms with Crippen molar-refractivity contribution in [3.63, 3.8) is 0 Å². The quantitative estimate of drug-likeness (QED) is 0.485. The third-order valence-electron chi connectivity index (χ3n) is 1.02. The van der Waals surface area contributed by atoms with E-state index in [0.717, 1.165) is 10.1 Å². The van der Waals surface area contributed by atoms with Crippen LogP contribution in [0.3, 0.4) is 0 Å². The molecule has 0 aliphatic heterocycles. The Kier molecular flexibility index (Phi) is 7.37. The van der Waals surface area contributed by atoms with E-state index in [2.05, 4.69) is 32.8 Å². The van der Waals surface area contributed by atoms with Gasteiger partial charge in [-0.25, -0.2) is 0 Å². The second-order valence-corrected chi connectivity index (χ2v) is 2.74. The monoisotopic (exact) mass is 356 g/mol. The molecule has 1 aromatic rings. The van der Waals surface area contributed by atoms with E-state index in [-0.39, 0.29) is 58.2 Å². The van der Waals surface area contributed by atoms with Crippen LogP contribution >= 0.6 is 34.2 Å². The summed E-state index contributed by atoms with van der Waals surface area (Å²) in [6, 6.07) is 0. The van der Waals surface area contributed by atoms with Crippen molar-refractivity contribution in [2.24, 2.45) is 0 Å². The Morgan fingerprint density at radius 2 is 2.36 bits per heavy atom. The molecule has 0 unspecified atom stereocenters. The molecule has 0 radical (unpaired) electrons. The summed E-state index contributed by atoms with van der Waals surface area (Å²) < 4.78 is 5.58. The van der Waals surface area contributed by atoms with Crippen LogP contribution in [0.5, 0.6) is 5.88 Å². The first-order chi connectivity index (χ1) is 4.79. The van der Waals surface area contributed by atoms with Gasteiger partial charge < -0.3 is 14.9 Å². The molecule has 11 heavy (non-hydrogen) atoms. The zero-order valence-corrected chi connectivity index (χ0v) is 14.1. The number of hydrogen-bond donors (Lipinski definition) is 0. The van der Waals surface area contributed by atoms with E-state index in [0.29, 0.717) is 10.9 Å². The molecule has 0 aromatic carbocycles. The molecule has 0 N–H and O–H groups in total. The topological polar surface area (TPSA) is 36.2 Å². The number of alkyl halides is 1. The van der Waals surface area contributed by atoms with Crippen molar-refractivity contribution in [3.05, 3.63) is 10.7 Å². The minimum Gasteiger partial charge on any atom is -0.574 e. The summed E-state index contributed by atoms with van der Waals surface area (Å²) >= 11 is 7.94. The molecule has 0 amide bonds. The number of rotatable bonds is 2. The summed E-state index contributed by atoms with van der Waals surface area (Å²) in [5.74, 6) is 0.410. The summed E-state index contributed by atoms with van der Waals surface area (Å²) in [5, 5.41) is 8.01. The number of hydrogen-bond acceptors (Lipinski definition) is 2. The summed E-state index contributed by atoms with van der Waals surface area (Å²) in [6.07, 6.45) is 0. The minimum atomic E-state index is 0. The van der Waals surface area contributed by atoms with E-state index in [4.69, 9.17) is 16.3 Å². The second-order valence-electron chi connectivity index (χ2n) is 1.60. The van der Waals surface area contributed by atoms with Crippen LogP contribution in [0, 0.1) is 0 Å². The number of aromatic nitrogens is 2. The SMILES string of the molecule is COc1n[n-]c(CI)c1Cl.[Rb+]. The first-order valence-corrected chi connectivity index (χ1v) is 4.47. The maximum absolute atomic E-state index is 5.77. The van der Waals surface area contributed by atoms with E-state index in [1.54, 1.807) is 0 Å². The molecule has 56 valence electrons. The Morgan fingerprint density at radius 3 is 2.64 bits per heavy atom. The van der Waals surface area contributed by atoms with Gasteiger partial charge in [-0.05, 0) is 0 Å². The fourth-order valence-corrected chi connectivity index (χ4v) is 1.51. The average Bonchev–Trinajstić information content (AvgIpc) is 2.30. The fourth-order valence-electron chi connectivity index (χ4n) is 0.533. The molecule has 1 heterocycles. The van der Waals surface area contributed by atoms with E-state index in [1.807, 2.05) is 0 Å². The van der Waals surface area contributed by atoms with Gasteiger partial charge in [-0.3, -0.25) is 0 Å². The van der Waals surface area contributed by atoms with Gasteiger partial charge in [0.2, 0.25) is 5.88 Å². The maximum Gasteiger partial charge on any atom is 1.00 e. The standard InChI is InChI=1S/C5H5ClIN2O.Rb/c1-10-5-4(6)3(2-7)8-9-5;/h2H2,1H3;/q-1;+1. The zero-order valence-electron chi connectivity index (χ0n) is 6.27. The van der Waals surface area contributed by atoms with Crippen LogP contribution in [0.1, 0.15) is 5.69 Å². The maximum atomic E-state index is 5.77. The molecule has 1 rings (SSSR count). The van der Waals surface area contributed by atoms with Gasteiger partial charge in [0.15, 0.2) is 0 Å². The molecule has 0 saturated carbocycles. The Balaban J connectivity index is 0.000001000. The fraction of sp³-hybridized carbons (Fsp3) is 0.400. The van der Waals surface area contributed by atoms with Gasteiger partial charge in [0.1, 0.15) is 0 Å². The van der Waals surface area contributed by atoms with Crippen LogP contribution in [0.2, 0.25) is 5.02 Å². The molecule has 0 spiro atoms. The largest absolute Gasteiger partial charge is 1.00 e. The van der Waals surface area contributed by atoms with Gasteiger partial charge in [0.25, 0.3) is 0 Å². The van der Waals surface area contributed by atoms with Gasteiger partial charge in [-0.15, -0.1) is 5.69 Å². The second kappa shape index (κ2) is 6.31. The van der Waals surface area contributed by atoms with Gasteiger partial charge in [-0.1, -0.05) is 34.2 Å². The third-order valence-corrected chi connectivity index (χ3v) is 2.12. The van der Waals surface area contributed by atoms with Crippen LogP contribution in [-0.2, 0) is 4.43 Å². The van der Waals surface area contributed by atoms with Crippen molar-refractivity contribution >= 4 is 34.2 Å². The first-order valence-electron chi connectivity index (χ1n) is 2.57. The molecule has 6 heteroatoms. The van der Waals surface area contributed by atoms with E-state index >= 15 is 0 Å². The summed E-state index contributed by atoms with van der Waals surface area (Å²) in [6.45, 7) is 0. The van der Waals surface area contributed by atoms with Crippen molar-refractivity contribution in [2.75, 3.05) is 7.11 Å². The molecular weight excluding hydrogens is 352 g/mol. The molecule has 0 aliphatic carbocycles. The van der Waals surface area contributed by atoms with Gasteiger partial charge in [0.05, 0.1) is 12.1 Å². The van der Waals surface area contributed by atoms with Crippen LogP contribution in [0.4, 0.5) is 0 Å². The molecule has 0 fully saturated rings. The Bertz CT molecular complexity index is 209. The molecule has 0 bridgehead atoms. The normalized spacial score (nSPS) is 9.00. The zero-order chi connectivity index (χ0) is 7.56. The Labute approximate surface area is 133 Å². The molecule has 3 nitrogen and oxygen atoms in total. The molecule has 0 aliphatic rings. The Morgan fingerprint density at radius 1 is 1.73 bits per heavy atom. The average molecular weight is 357 g/mol. The van der Waals surface area contributed by atoms with Crippen molar-refractivity contribution in [3.8, 4) is 5.88 Å². The molecule has 1 aromatic heterocycles. The number of nitrogens with zero attached hydrogens (tertiary/aromatic N) is 2. The van der Waals surface area contributed by atoms with Crippen molar-refractivity contribution in [1.29, 1.82) is 0 Å². The van der Waals surface area contributed by atoms with Crippen molar-refractivity contribution in [2.45, 2.75) is 4.43 Å². The number of ether oxygens (including phenoxy) is 1.